The van der Waals surface area contributed by atoms with Gasteiger partial charge in [-0.05, 0) is 18.9 Å². The quantitative estimate of drug-likeness (QED) is 0.897. The molecule has 1 aromatic carbocycles. The second kappa shape index (κ2) is 6.86. The van der Waals surface area contributed by atoms with Crippen LogP contribution in [0.5, 0.6) is 0 Å². The van der Waals surface area contributed by atoms with E-state index < -0.39 is 0 Å². The Morgan fingerprint density at radius 1 is 1.40 bits per heavy atom. The molecule has 110 valence electrons. The first kappa shape index (κ1) is 15.0. The predicted molar refractivity (Wildman–Crippen MR) is 80.8 cm³/mol. The van der Waals surface area contributed by atoms with E-state index in [2.05, 4.69) is 19.2 Å². The molecule has 4 nitrogen and oxygen atoms in total. The molecule has 2 rings (SSSR count). The third-order valence-electron chi connectivity index (χ3n) is 3.56. The smallest absolute Gasteiger partial charge is 0.244 e. The fraction of sp³-hybridized carbons (Fsp3) is 0.562. The first-order valence-corrected chi connectivity index (χ1v) is 7.27. The molecule has 20 heavy (non-hydrogen) atoms. The van der Waals surface area contributed by atoms with E-state index in [4.69, 9.17) is 4.74 Å². The van der Waals surface area contributed by atoms with Crippen molar-refractivity contribution in [3.8, 4) is 0 Å². The van der Waals surface area contributed by atoms with Gasteiger partial charge in [-0.25, -0.2) is 0 Å². The molecule has 4 heteroatoms. The summed E-state index contributed by atoms with van der Waals surface area (Å²) in [6.07, 6.45) is 1.94. The van der Waals surface area contributed by atoms with Crippen molar-refractivity contribution in [3.63, 3.8) is 0 Å². The average molecular weight is 276 g/mol. The molecule has 0 bridgehead atoms. The molecule has 1 saturated heterocycles. The molecule has 1 aliphatic rings. The molecule has 1 aliphatic heterocycles. The lowest BCUT2D eigenvalue weighted by Gasteiger charge is -2.34. The Balaban J connectivity index is 2.21. The van der Waals surface area contributed by atoms with Gasteiger partial charge in [0.2, 0.25) is 5.91 Å². The monoisotopic (exact) mass is 276 g/mol. The summed E-state index contributed by atoms with van der Waals surface area (Å²) in [4.78, 5) is 14.5. The molecule has 1 heterocycles. The lowest BCUT2D eigenvalue weighted by atomic mass is 10.0. The molecule has 0 aromatic heterocycles. The first-order valence-electron chi connectivity index (χ1n) is 7.27. The Hall–Kier alpha value is -1.39. The third kappa shape index (κ3) is 3.38. The highest BCUT2D eigenvalue weighted by Crippen LogP contribution is 2.25. The van der Waals surface area contributed by atoms with Crippen LogP contribution in [0.4, 0.5) is 5.69 Å². The summed E-state index contributed by atoms with van der Waals surface area (Å²) >= 11 is 0. The number of benzene rings is 1. The summed E-state index contributed by atoms with van der Waals surface area (Å²) in [5, 5.41) is 3.36. The highest BCUT2D eigenvalue weighted by molar-refractivity contribution is 5.98. The third-order valence-corrected chi connectivity index (χ3v) is 3.56. The van der Waals surface area contributed by atoms with Crippen LogP contribution in [0.2, 0.25) is 0 Å². The summed E-state index contributed by atoms with van der Waals surface area (Å²) in [7, 11) is 1.68. The van der Waals surface area contributed by atoms with Gasteiger partial charge in [0.15, 0.2) is 0 Å². The van der Waals surface area contributed by atoms with E-state index in [0.29, 0.717) is 12.6 Å². The zero-order valence-electron chi connectivity index (χ0n) is 12.6. The Labute approximate surface area is 121 Å². The van der Waals surface area contributed by atoms with Crippen molar-refractivity contribution in [1.29, 1.82) is 0 Å². The second-order valence-electron chi connectivity index (χ2n) is 5.57. The standard InChI is InChI=1S/C16H24N2O2/c1-12(2)17-14-8-6-10-18(16(14)19)15-9-5-4-7-13(15)11-20-3/h4-5,7,9,12,14,17H,6,8,10-11H2,1-3H3. The van der Waals surface area contributed by atoms with Crippen molar-refractivity contribution < 1.29 is 9.53 Å². The first-order chi connectivity index (χ1) is 9.63. The maximum atomic E-state index is 12.6. The highest BCUT2D eigenvalue weighted by Gasteiger charge is 2.30. The van der Waals surface area contributed by atoms with E-state index in [1.54, 1.807) is 7.11 Å². The van der Waals surface area contributed by atoms with Crippen LogP contribution in [0.25, 0.3) is 0 Å². The maximum absolute atomic E-state index is 12.6. The van der Waals surface area contributed by atoms with E-state index in [1.165, 1.54) is 0 Å². The van der Waals surface area contributed by atoms with Crippen LogP contribution in [-0.4, -0.2) is 31.6 Å². The van der Waals surface area contributed by atoms with Gasteiger partial charge in [0.05, 0.1) is 12.6 Å². The van der Waals surface area contributed by atoms with Gasteiger partial charge >= 0.3 is 0 Å². The van der Waals surface area contributed by atoms with Gasteiger partial charge in [0, 0.05) is 30.9 Å². The number of para-hydroxylation sites is 1. The van der Waals surface area contributed by atoms with Crippen LogP contribution in [-0.2, 0) is 16.1 Å². The van der Waals surface area contributed by atoms with Crippen LogP contribution in [0.15, 0.2) is 24.3 Å². The Morgan fingerprint density at radius 3 is 2.85 bits per heavy atom. The number of ether oxygens (including phenoxy) is 1. The van der Waals surface area contributed by atoms with Crippen LogP contribution in [0.3, 0.4) is 0 Å². The van der Waals surface area contributed by atoms with Gasteiger partial charge < -0.3 is 15.0 Å². The normalized spacial score (nSPS) is 19.7. The topological polar surface area (TPSA) is 41.6 Å². The Morgan fingerprint density at radius 2 is 2.15 bits per heavy atom. The van der Waals surface area contributed by atoms with Crippen molar-refractivity contribution >= 4 is 11.6 Å². The van der Waals surface area contributed by atoms with Gasteiger partial charge in [-0.3, -0.25) is 4.79 Å². The van der Waals surface area contributed by atoms with Crippen molar-refractivity contribution in [2.45, 2.75) is 45.4 Å². The van der Waals surface area contributed by atoms with Gasteiger partial charge in [-0.15, -0.1) is 0 Å². The number of hydrogen-bond acceptors (Lipinski definition) is 3. The zero-order chi connectivity index (χ0) is 14.5. The molecular formula is C16H24N2O2. The SMILES string of the molecule is COCc1ccccc1N1CCCC(NC(C)C)C1=O. The van der Waals surface area contributed by atoms with Crippen LogP contribution in [0.1, 0.15) is 32.3 Å². The van der Waals surface area contributed by atoms with Crippen molar-refractivity contribution in [3.05, 3.63) is 29.8 Å². The minimum atomic E-state index is -0.0700. The number of piperidine rings is 1. The van der Waals surface area contributed by atoms with Gasteiger partial charge in [0.25, 0.3) is 0 Å². The van der Waals surface area contributed by atoms with Gasteiger partial charge in [-0.1, -0.05) is 32.0 Å². The van der Waals surface area contributed by atoms with E-state index in [9.17, 15) is 4.79 Å². The zero-order valence-corrected chi connectivity index (χ0v) is 12.6. The lowest BCUT2D eigenvalue weighted by Crippen LogP contribution is -2.52. The van der Waals surface area contributed by atoms with Crippen LogP contribution < -0.4 is 10.2 Å². The summed E-state index contributed by atoms with van der Waals surface area (Å²) in [6.45, 7) is 5.47. The molecule has 0 radical (unpaired) electrons. The molecule has 0 spiro atoms. The fourth-order valence-electron chi connectivity index (χ4n) is 2.72. The fourth-order valence-corrected chi connectivity index (χ4v) is 2.72. The highest BCUT2D eigenvalue weighted by atomic mass is 16.5. The van der Waals surface area contributed by atoms with Crippen LogP contribution in [0, 0.1) is 0 Å². The molecule has 0 aliphatic carbocycles. The number of nitrogens with zero attached hydrogens (tertiary/aromatic N) is 1. The molecular weight excluding hydrogens is 252 g/mol. The number of hydrogen-bond donors (Lipinski definition) is 1. The number of carbonyl (C=O) groups excluding carboxylic acids is 1. The molecule has 1 N–H and O–H groups in total. The van der Waals surface area contributed by atoms with E-state index in [1.807, 2.05) is 29.2 Å². The summed E-state index contributed by atoms with van der Waals surface area (Å²) in [5.74, 6) is 0.175. The molecule has 1 amide bonds. The number of carbonyl (C=O) groups is 1. The summed E-state index contributed by atoms with van der Waals surface area (Å²) < 4.78 is 5.23. The molecule has 1 atom stereocenters. The van der Waals surface area contributed by atoms with Crippen LogP contribution >= 0.6 is 0 Å². The molecule has 1 aromatic rings. The number of nitrogens with one attached hydrogen (secondary N) is 1. The molecule has 1 fully saturated rings. The van der Waals surface area contributed by atoms with E-state index in [-0.39, 0.29) is 11.9 Å². The summed E-state index contributed by atoms with van der Waals surface area (Å²) in [6, 6.07) is 8.23. The Bertz CT molecular complexity index is 460. The van der Waals surface area contributed by atoms with Gasteiger partial charge in [-0.2, -0.15) is 0 Å². The Kier molecular flexibility index (Phi) is 5.15. The largest absolute Gasteiger partial charge is 0.380 e. The van der Waals surface area contributed by atoms with E-state index >= 15 is 0 Å². The average Bonchev–Trinajstić information content (AvgIpc) is 2.42. The number of anilines is 1. The maximum Gasteiger partial charge on any atom is 0.244 e. The molecule has 1 unspecified atom stereocenters. The predicted octanol–water partition coefficient (Wildman–Crippen LogP) is 2.33. The van der Waals surface area contributed by atoms with Crippen molar-refractivity contribution in [2.75, 3.05) is 18.6 Å². The van der Waals surface area contributed by atoms with Gasteiger partial charge in [0.1, 0.15) is 0 Å². The number of rotatable bonds is 5. The minimum Gasteiger partial charge on any atom is -0.380 e. The van der Waals surface area contributed by atoms with Crippen molar-refractivity contribution in [2.24, 2.45) is 0 Å². The minimum absolute atomic E-state index is 0.0700. The number of amides is 1. The second-order valence-corrected chi connectivity index (χ2v) is 5.57. The number of methoxy groups -OCH3 is 1. The molecule has 0 saturated carbocycles. The van der Waals surface area contributed by atoms with E-state index in [0.717, 1.165) is 30.6 Å². The van der Waals surface area contributed by atoms with Crippen molar-refractivity contribution in [1.82, 2.24) is 5.32 Å². The summed E-state index contributed by atoms with van der Waals surface area (Å²) in [5.41, 5.74) is 2.04. The lowest BCUT2D eigenvalue weighted by molar-refractivity contribution is -0.121.